The van der Waals surface area contributed by atoms with Crippen LogP contribution in [0.4, 0.5) is 14.9 Å². The summed E-state index contributed by atoms with van der Waals surface area (Å²) < 4.78 is 24.4. The molecule has 0 saturated heterocycles. The zero-order valence-corrected chi connectivity index (χ0v) is 29.2. The fraction of sp³-hybridized carbons (Fsp3) is 0.421. The average Bonchev–Trinajstić information content (AvgIpc) is 3.30. The van der Waals surface area contributed by atoms with Gasteiger partial charge in [0.05, 0.1) is 5.69 Å². The van der Waals surface area contributed by atoms with Crippen molar-refractivity contribution in [1.29, 1.82) is 0 Å². The minimum absolute atomic E-state index is 0.141. The van der Waals surface area contributed by atoms with Gasteiger partial charge in [0, 0.05) is 36.7 Å². The molecule has 1 aromatic heterocycles. The van der Waals surface area contributed by atoms with Crippen molar-refractivity contribution in [2.24, 2.45) is 0 Å². The lowest BCUT2D eigenvalue weighted by atomic mass is 9.91. The number of aromatic amines is 1. The molecule has 3 aromatic rings. The van der Waals surface area contributed by atoms with Crippen LogP contribution in [0, 0.1) is 18.2 Å². The number of pyridine rings is 1. The van der Waals surface area contributed by atoms with Gasteiger partial charge in [0.2, 0.25) is 11.8 Å². The molecule has 1 aliphatic rings. The first-order valence-corrected chi connectivity index (χ1v) is 16.2. The maximum Gasteiger partial charge on any atom is 0.410 e. The van der Waals surface area contributed by atoms with E-state index in [0.29, 0.717) is 29.1 Å². The molecule has 2 heterocycles. The standard InChI is InChI=1S/C38H45FN4O6/c1-9-20-48-29-17-12-25(13-18-29)14-19-30(40-33(44)24(2)42(8)36(47)49-37(3,4)5)35(46)43-23-38(6,7)32-31(43)22-27(34(45)41-32)21-26-10-15-28(39)16-11-26/h1,10-13,15-18,22,24,30H,14,19-21,23H2,2-8H3,(H,40,44)(H,41,45)/t24-,30-/m0/s1. The fourth-order valence-corrected chi connectivity index (χ4v) is 5.59. The fourth-order valence-electron chi connectivity index (χ4n) is 5.59. The van der Waals surface area contributed by atoms with E-state index in [1.807, 2.05) is 26.0 Å². The van der Waals surface area contributed by atoms with Gasteiger partial charge in [-0.05, 0) is 82.0 Å². The molecule has 49 heavy (non-hydrogen) atoms. The Hall–Kier alpha value is -5.11. The number of aryl methyl sites for hydroxylation is 1. The maximum absolute atomic E-state index is 14.5. The van der Waals surface area contributed by atoms with Gasteiger partial charge in [-0.3, -0.25) is 19.3 Å². The van der Waals surface area contributed by atoms with Gasteiger partial charge in [-0.25, -0.2) is 9.18 Å². The molecule has 0 bridgehead atoms. The number of benzene rings is 2. The molecule has 0 fully saturated rings. The summed E-state index contributed by atoms with van der Waals surface area (Å²) in [5.74, 6) is 1.78. The number of hydrogen-bond donors (Lipinski definition) is 2. The summed E-state index contributed by atoms with van der Waals surface area (Å²) >= 11 is 0. The monoisotopic (exact) mass is 672 g/mol. The van der Waals surface area contributed by atoms with Gasteiger partial charge in [-0.2, -0.15) is 0 Å². The van der Waals surface area contributed by atoms with Crippen LogP contribution in [0.15, 0.2) is 59.4 Å². The highest BCUT2D eigenvalue weighted by atomic mass is 19.1. The zero-order valence-electron chi connectivity index (χ0n) is 29.2. The number of terminal acetylenes is 1. The quantitative estimate of drug-likeness (QED) is 0.273. The van der Waals surface area contributed by atoms with Gasteiger partial charge < -0.3 is 24.7 Å². The van der Waals surface area contributed by atoms with Crippen LogP contribution in [-0.4, -0.2) is 65.7 Å². The first-order chi connectivity index (χ1) is 23.0. The number of hydrogen-bond acceptors (Lipinski definition) is 6. The Morgan fingerprint density at radius 2 is 1.73 bits per heavy atom. The minimum atomic E-state index is -0.978. The Bertz CT molecular complexity index is 1770. The first kappa shape index (κ1) is 36.7. The number of rotatable bonds is 11. The number of H-pyrrole nitrogens is 1. The number of aromatic nitrogens is 1. The van der Waals surface area contributed by atoms with Crippen LogP contribution in [0.5, 0.6) is 5.75 Å². The largest absolute Gasteiger partial charge is 0.481 e. The van der Waals surface area contributed by atoms with E-state index < -0.39 is 35.1 Å². The van der Waals surface area contributed by atoms with E-state index >= 15 is 0 Å². The normalized spacial score (nSPS) is 14.6. The van der Waals surface area contributed by atoms with Crippen molar-refractivity contribution in [3.05, 3.63) is 93.2 Å². The summed E-state index contributed by atoms with van der Waals surface area (Å²) in [6, 6.07) is 13.0. The molecule has 0 unspecified atom stereocenters. The average molecular weight is 673 g/mol. The van der Waals surface area contributed by atoms with E-state index in [2.05, 4.69) is 16.2 Å². The van der Waals surface area contributed by atoms with Gasteiger partial charge in [0.25, 0.3) is 5.56 Å². The summed E-state index contributed by atoms with van der Waals surface area (Å²) in [4.78, 5) is 59.7. The van der Waals surface area contributed by atoms with E-state index in [4.69, 9.17) is 15.9 Å². The topological polar surface area (TPSA) is 121 Å². The molecule has 2 atom stereocenters. The Kier molecular flexibility index (Phi) is 11.2. The number of amides is 3. The lowest BCUT2D eigenvalue weighted by molar-refractivity contribution is -0.130. The number of anilines is 1. The van der Waals surface area contributed by atoms with Gasteiger partial charge in [0.15, 0.2) is 0 Å². The van der Waals surface area contributed by atoms with Gasteiger partial charge in [-0.15, -0.1) is 6.42 Å². The number of likely N-dealkylation sites (N-methyl/N-ethyl adjacent to an activating group) is 1. The Morgan fingerprint density at radius 3 is 2.35 bits per heavy atom. The van der Waals surface area contributed by atoms with Crippen molar-refractivity contribution < 1.29 is 28.2 Å². The van der Waals surface area contributed by atoms with E-state index in [-0.39, 0.29) is 43.3 Å². The summed E-state index contributed by atoms with van der Waals surface area (Å²) in [6.07, 6.45) is 5.54. The molecule has 260 valence electrons. The molecule has 10 nitrogen and oxygen atoms in total. The first-order valence-electron chi connectivity index (χ1n) is 16.2. The number of ether oxygens (including phenoxy) is 2. The molecular weight excluding hydrogens is 627 g/mol. The minimum Gasteiger partial charge on any atom is -0.481 e. The third-order valence-corrected chi connectivity index (χ3v) is 8.42. The van der Waals surface area contributed by atoms with Crippen LogP contribution in [0.25, 0.3) is 0 Å². The molecule has 1 aliphatic heterocycles. The van der Waals surface area contributed by atoms with Crippen LogP contribution in [0.1, 0.15) is 70.3 Å². The smallest absolute Gasteiger partial charge is 0.410 e. The van der Waals surface area contributed by atoms with Crippen LogP contribution in [0.2, 0.25) is 0 Å². The third-order valence-electron chi connectivity index (χ3n) is 8.42. The molecule has 2 N–H and O–H groups in total. The van der Waals surface area contributed by atoms with Gasteiger partial charge in [-0.1, -0.05) is 44.0 Å². The Morgan fingerprint density at radius 1 is 1.10 bits per heavy atom. The van der Waals surface area contributed by atoms with E-state index in [1.165, 1.54) is 24.1 Å². The van der Waals surface area contributed by atoms with E-state index in [0.717, 1.165) is 11.1 Å². The van der Waals surface area contributed by atoms with Crippen molar-refractivity contribution in [2.45, 2.75) is 83.9 Å². The van der Waals surface area contributed by atoms with Gasteiger partial charge >= 0.3 is 6.09 Å². The van der Waals surface area contributed by atoms with Crippen LogP contribution in [-0.2, 0) is 32.6 Å². The summed E-state index contributed by atoms with van der Waals surface area (Å²) in [6.45, 7) is 11.0. The summed E-state index contributed by atoms with van der Waals surface area (Å²) in [7, 11) is 1.47. The number of carbonyl (C=O) groups is 3. The number of nitrogens with one attached hydrogen (secondary N) is 2. The van der Waals surface area contributed by atoms with Crippen LogP contribution in [0.3, 0.4) is 0 Å². The molecule has 3 amide bonds. The van der Waals surface area contributed by atoms with Crippen molar-refractivity contribution in [2.75, 3.05) is 25.1 Å². The molecule has 0 spiro atoms. The predicted octanol–water partition coefficient (Wildman–Crippen LogP) is 5.11. The number of halogens is 1. The SMILES string of the molecule is C#CCOc1ccc(CC[C@H](NC(=O)[C@H](C)N(C)C(=O)OC(C)(C)C)C(=O)N2CC(C)(C)c3[nH]c(=O)c(Cc4ccc(F)cc4)cc32)cc1. The third kappa shape index (κ3) is 9.28. The molecule has 0 saturated carbocycles. The molecule has 11 heteroatoms. The number of carbonyl (C=O) groups excluding carboxylic acids is 3. The van der Waals surface area contributed by atoms with Crippen molar-refractivity contribution in [3.63, 3.8) is 0 Å². The van der Waals surface area contributed by atoms with E-state index in [1.54, 1.807) is 62.9 Å². The Balaban J connectivity index is 1.63. The second-order valence-corrected chi connectivity index (χ2v) is 14.0. The lowest BCUT2D eigenvalue weighted by Crippen LogP contribution is -2.54. The molecule has 0 aliphatic carbocycles. The summed E-state index contributed by atoms with van der Waals surface area (Å²) in [5.41, 5.74) is 1.59. The van der Waals surface area contributed by atoms with Crippen LogP contribution >= 0.6 is 0 Å². The second kappa shape index (κ2) is 15.0. The Labute approximate surface area is 287 Å². The van der Waals surface area contributed by atoms with Crippen LogP contribution < -0.4 is 20.5 Å². The highest BCUT2D eigenvalue weighted by Gasteiger charge is 2.42. The van der Waals surface area contributed by atoms with E-state index in [9.17, 15) is 23.6 Å². The van der Waals surface area contributed by atoms with Crippen molar-refractivity contribution in [3.8, 4) is 18.1 Å². The lowest BCUT2D eigenvalue weighted by Gasteiger charge is -2.30. The molecular formula is C38H45FN4O6. The maximum atomic E-state index is 14.5. The molecule has 0 radical (unpaired) electrons. The molecule has 4 rings (SSSR count). The summed E-state index contributed by atoms with van der Waals surface area (Å²) in [5, 5.41) is 2.90. The van der Waals surface area contributed by atoms with Gasteiger partial charge in [0.1, 0.15) is 35.9 Å². The zero-order chi connectivity index (χ0) is 36.1. The van der Waals surface area contributed by atoms with Crippen molar-refractivity contribution >= 4 is 23.6 Å². The highest BCUT2D eigenvalue weighted by molar-refractivity contribution is 6.01. The highest BCUT2D eigenvalue weighted by Crippen LogP contribution is 2.39. The number of nitrogens with zero attached hydrogens (tertiary/aromatic N) is 2. The molecule has 2 aromatic carbocycles. The number of fused-ring (bicyclic) bond motifs is 1. The second-order valence-electron chi connectivity index (χ2n) is 14.0. The van der Waals surface area contributed by atoms with Crippen molar-refractivity contribution in [1.82, 2.24) is 15.2 Å². The predicted molar refractivity (Wildman–Crippen MR) is 186 cm³/mol.